The Labute approximate surface area is 106 Å². The normalized spacial score (nSPS) is 23.7. The van der Waals surface area contributed by atoms with Crippen molar-refractivity contribution >= 4 is 0 Å². The lowest BCUT2D eigenvalue weighted by molar-refractivity contribution is 0.0445. The van der Waals surface area contributed by atoms with Gasteiger partial charge in [-0.3, -0.25) is 4.68 Å². The molecule has 6 heteroatoms. The molecule has 1 aliphatic heterocycles. The molecule has 102 valence electrons. The molecule has 1 fully saturated rings. The summed E-state index contributed by atoms with van der Waals surface area (Å²) in [7, 11) is 3.25. The van der Waals surface area contributed by atoms with E-state index in [0.717, 1.165) is 6.54 Å². The Hall–Kier alpha value is -1.14. The van der Waals surface area contributed by atoms with Gasteiger partial charge in [-0.25, -0.2) is 4.39 Å². The summed E-state index contributed by atoms with van der Waals surface area (Å²) < 4.78 is 27.0. The SMILES string of the molecule is COc1cnn(C)c1C(C)(F)CC1COCCN1. The molecule has 5 nitrogen and oxygen atoms in total. The average Bonchev–Trinajstić information content (AvgIpc) is 2.72. The van der Waals surface area contributed by atoms with Crippen LogP contribution in [0.4, 0.5) is 4.39 Å². The van der Waals surface area contributed by atoms with Gasteiger partial charge in [0.15, 0.2) is 11.4 Å². The molecule has 0 spiro atoms. The maximum absolute atomic E-state index is 14.9. The van der Waals surface area contributed by atoms with E-state index in [0.29, 0.717) is 31.1 Å². The van der Waals surface area contributed by atoms with Gasteiger partial charge >= 0.3 is 0 Å². The summed E-state index contributed by atoms with van der Waals surface area (Å²) in [6.07, 6.45) is 1.88. The Morgan fingerprint density at radius 2 is 2.50 bits per heavy atom. The molecular weight excluding hydrogens is 237 g/mol. The number of hydrogen-bond acceptors (Lipinski definition) is 4. The van der Waals surface area contributed by atoms with E-state index >= 15 is 0 Å². The number of alkyl halides is 1. The molecule has 2 rings (SSSR count). The molecule has 1 aliphatic rings. The van der Waals surface area contributed by atoms with Crippen LogP contribution >= 0.6 is 0 Å². The maximum Gasteiger partial charge on any atom is 0.163 e. The molecule has 0 aliphatic carbocycles. The lowest BCUT2D eigenvalue weighted by atomic mass is 9.94. The van der Waals surface area contributed by atoms with Crippen LogP contribution in [0.25, 0.3) is 0 Å². The summed E-state index contributed by atoms with van der Waals surface area (Å²) in [5, 5.41) is 7.31. The number of rotatable bonds is 4. The van der Waals surface area contributed by atoms with Crippen LogP contribution in [0.5, 0.6) is 5.75 Å². The van der Waals surface area contributed by atoms with E-state index in [4.69, 9.17) is 9.47 Å². The third-order valence-corrected chi connectivity index (χ3v) is 3.25. The van der Waals surface area contributed by atoms with Crippen LogP contribution in [0.15, 0.2) is 6.20 Å². The van der Waals surface area contributed by atoms with Gasteiger partial charge in [-0.05, 0) is 6.92 Å². The topological polar surface area (TPSA) is 48.3 Å². The Balaban J connectivity index is 2.15. The van der Waals surface area contributed by atoms with Crippen molar-refractivity contribution in [3.05, 3.63) is 11.9 Å². The number of aromatic nitrogens is 2. The van der Waals surface area contributed by atoms with Crippen LogP contribution in [0.1, 0.15) is 19.0 Å². The quantitative estimate of drug-likeness (QED) is 0.874. The number of nitrogens with zero attached hydrogens (tertiary/aromatic N) is 2. The van der Waals surface area contributed by atoms with Crippen molar-refractivity contribution in [2.75, 3.05) is 26.9 Å². The molecule has 1 saturated heterocycles. The molecular formula is C12H20FN3O2. The summed E-state index contributed by atoms with van der Waals surface area (Å²) in [5.74, 6) is 0.485. The number of methoxy groups -OCH3 is 1. The molecule has 0 amide bonds. The number of nitrogens with one attached hydrogen (secondary N) is 1. The van der Waals surface area contributed by atoms with E-state index in [2.05, 4.69) is 10.4 Å². The lowest BCUT2D eigenvalue weighted by Gasteiger charge is -2.30. The van der Waals surface area contributed by atoms with Gasteiger partial charge in [0.2, 0.25) is 0 Å². The van der Waals surface area contributed by atoms with Gasteiger partial charge in [0.25, 0.3) is 0 Å². The van der Waals surface area contributed by atoms with Crippen molar-refractivity contribution in [1.29, 1.82) is 0 Å². The second-order valence-electron chi connectivity index (χ2n) is 4.81. The fraction of sp³-hybridized carbons (Fsp3) is 0.750. The number of ether oxygens (including phenoxy) is 2. The van der Waals surface area contributed by atoms with E-state index in [9.17, 15) is 4.39 Å². The monoisotopic (exact) mass is 257 g/mol. The highest BCUT2D eigenvalue weighted by molar-refractivity contribution is 5.30. The van der Waals surface area contributed by atoms with Crippen LogP contribution in [0, 0.1) is 0 Å². The average molecular weight is 257 g/mol. The molecule has 1 N–H and O–H groups in total. The third kappa shape index (κ3) is 2.64. The zero-order valence-electron chi connectivity index (χ0n) is 11.1. The van der Waals surface area contributed by atoms with Gasteiger partial charge in [-0.15, -0.1) is 0 Å². The van der Waals surface area contributed by atoms with E-state index in [1.165, 1.54) is 18.0 Å². The van der Waals surface area contributed by atoms with Gasteiger partial charge in [-0.1, -0.05) is 0 Å². The first kappa shape index (κ1) is 13.3. The van der Waals surface area contributed by atoms with Gasteiger partial charge < -0.3 is 14.8 Å². The first-order valence-corrected chi connectivity index (χ1v) is 6.11. The van der Waals surface area contributed by atoms with Gasteiger partial charge in [0.05, 0.1) is 26.5 Å². The van der Waals surface area contributed by atoms with Crippen molar-refractivity contribution in [1.82, 2.24) is 15.1 Å². The Morgan fingerprint density at radius 1 is 1.72 bits per heavy atom. The minimum absolute atomic E-state index is 0.0216. The molecule has 2 unspecified atom stereocenters. The largest absolute Gasteiger partial charge is 0.493 e. The zero-order chi connectivity index (χ0) is 13.2. The van der Waals surface area contributed by atoms with Crippen molar-refractivity contribution in [3.8, 4) is 5.75 Å². The summed E-state index contributed by atoms with van der Waals surface area (Å²) in [5.41, 5.74) is -1.04. The maximum atomic E-state index is 14.9. The van der Waals surface area contributed by atoms with E-state index in [1.807, 2.05) is 0 Å². The molecule has 0 radical (unpaired) electrons. The van der Waals surface area contributed by atoms with Crippen LogP contribution in [-0.2, 0) is 17.5 Å². The number of halogens is 1. The summed E-state index contributed by atoms with van der Waals surface area (Å²) >= 11 is 0. The van der Waals surface area contributed by atoms with Gasteiger partial charge in [0, 0.05) is 26.1 Å². The van der Waals surface area contributed by atoms with Crippen molar-refractivity contribution in [2.24, 2.45) is 7.05 Å². The zero-order valence-corrected chi connectivity index (χ0v) is 11.1. The van der Waals surface area contributed by atoms with Crippen LogP contribution in [0.3, 0.4) is 0 Å². The molecule has 2 atom stereocenters. The lowest BCUT2D eigenvalue weighted by Crippen LogP contribution is -2.44. The smallest absolute Gasteiger partial charge is 0.163 e. The molecule has 0 aromatic carbocycles. The first-order valence-electron chi connectivity index (χ1n) is 6.11. The number of aryl methyl sites for hydroxylation is 1. The van der Waals surface area contributed by atoms with E-state index < -0.39 is 5.67 Å². The minimum atomic E-state index is -1.50. The first-order chi connectivity index (χ1) is 8.54. The molecule has 18 heavy (non-hydrogen) atoms. The van der Waals surface area contributed by atoms with Crippen molar-refractivity contribution < 1.29 is 13.9 Å². The molecule has 1 aromatic rings. The summed E-state index contributed by atoms with van der Waals surface area (Å²) in [4.78, 5) is 0. The molecule has 0 saturated carbocycles. The standard InChI is InChI=1S/C12H20FN3O2/c1-12(13,6-9-8-18-5-4-14-9)11-10(17-3)7-15-16(11)2/h7,9,14H,4-6,8H2,1-3H3. The van der Waals surface area contributed by atoms with Crippen LogP contribution in [-0.4, -0.2) is 42.7 Å². The second kappa shape index (κ2) is 5.24. The predicted octanol–water partition coefficient (Wildman–Crippen LogP) is 0.992. The predicted molar refractivity (Wildman–Crippen MR) is 65.4 cm³/mol. The van der Waals surface area contributed by atoms with E-state index in [1.54, 1.807) is 14.0 Å². The fourth-order valence-corrected chi connectivity index (χ4v) is 2.47. The fourth-order valence-electron chi connectivity index (χ4n) is 2.47. The second-order valence-corrected chi connectivity index (χ2v) is 4.81. The molecule has 1 aromatic heterocycles. The van der Waals surface area contributed by atoms with Gasteiger partial charge in [0.1, 0.15) is 5.69 Å². The summed E-state index contributed by atoms with van der Waals surface area (Å²) in [6.45, 7) is 3.56. The highest BCUT2D eigenvalue weighted by atomic mass is 19.1. The number of hydrogen-bond donors (Lipinski definition) is 1. The highest BCUT2D eigenvalue weighted by Gasteiger charge is 2.36. The minimum Gasteiger partial charge on any atom is -0.493 e. The Morgan fingerprint density at radius 3 is 3.11 bits per heavy atom. The van der Waals surface area contributed by atoms with Gasteiger partial charge in [-0.2, -0.15) is 5.10 Å². The Kier molecular flexibility index (Phi) is 3.87. The number of morpholine rings is 1. The Bertz CT molecular complexity index is 400. The van der Waals surface area contributed by atoms with Crippen molar-refractivity contribution in [2.45, 2.75) is 25.1 Å². The van der Waals surface area contributed by atoms with Crippen LogP contribution < -0.4 is 10.1 Å². The summed E-state index contributed by atoms with van der Waals surface area (Å²) in [6, 6.07) is 0.0216. The van der Waals surface area contributed by atoms with E-state index in [-0.39, 0.29) is 6.04 Å². The third-order valence-electron chi connectivity index (χ3n) is 3.25. The molecule has 0 bridgehead atoms. The van der Waals surface area contributed by atoms with Crippen LogP contribution in [0.2, 0.25) is 0 Å². The molecule has 2 heterocycles. The van der Waals surface area contributed by atoms with Crippen molar-refractivity contribution in [3.63, 3.8) is 0 Å². The highest BCUT2D eigenvalue weighted by Crippen LogP contribution is 2.36.